The number of thiophene rings is 1. The van der Waals surface area contributed by atoms with Gasteiger partial charge >= 0.3 is 0 Å². The summed E-state index contributed by atoms with van der Waals surface area (Å²) in [5, 5.41) is 11.6. The van der Waals surface area contributed by atoms with E-state index in [1.807, 2.05) is 6.92 Å². The molecule has 1 aromatic heterocycles. The minimum absolute atomic E-state index is 0. The molecule has 0 radical (unpaired) electrons. The van der Waals surface area contributed by atoms with E-state index in [1.165, 1.54) is 12.5 Å². The van der Waals surface area contributed by atoms with E-state index in [0.29, 0.717) is 12.5 Å². The maximum atomic E-state index is 11.2. The lowest BCUT2D eigenvalue weighted by Crippen LogP contribution is -2.37. The van der Waals surface area contributed by atoms with E-state index < -0.39 is 10.0 Å². The first-order valence-corrected chi connectivity index (χ1v) is 9.83. The molecule has 0 saturated carbocycles. The van der Waals surface area contributed by atoms with Crippen LogP contribution in [0, 0.1) is 5.92 Å². The molecular weight excluding hydrogens is 447 g/mol. The van der Waals surface area contributed by atoms with Crippen LogP contribution >= 0.6 is 35.3 Å². The molecule has 0 atom stereocenters. The van der Waals surface area contributed by atoms with Crippen LogP contribution in [-0.2, 0) is 16.6 Å². The van der Waals surface area contributed by atoms with Gasteiger partial charge in [0.2, 0.25) is 10.0 Å². The maximum Gasteiger partial charge on any atom is 0.247 e. The summed E-state index contributed by atoms with van der Waals surface area (Å²) in [7, 11) is -3.62. The monoisotopic (exact) mass is 474 g/mol. The van der Waals surface area contributed by atoms with Gasteiger partial charge in [-0.25, -0.2) is 18.5 Å². The van der Waals surface area contributed by atoms with Crippen LogP contribution in [0.3, 0.4) is 0 Å². The first-order chi connectivity index (χ1) is 10.3. The van der Waals surface area contributed by atoms with Gasteiger partial charge in [-0.1, -0.05) is 13.8 Å². The molecule has 1 aromatic rings. The van der Waals surface area contributed by atoms with Crippen molar-refractivity contribution in [3.05, 3.63) is 17.0 Å². The van der Waals surface area contributed by atoms with Crippen LogP contribution in [0.15, 0.2) is 21.3 Å². The fraction of sp³-hybridized carbons (Fsp3) is 0.643. The Morgan fingerprint density at radius 1 is 1.35 bits per heavy atom. The highest BCUT2D eigenvalue weighted by molar-refractivity contribution is 14.0. The fourth-order valence-electron chi connectivity index (χ4n) is 1.81. The highest BCUT2D eigenvalue weighted by Crippen LogP contribution is 2.20. The summed E-state index contributed by atoms with van der Waals surface area (Å²) in [6.07, 6.45) is 2.27. The fourth-order valence-corrected chi connectivity index (χ4v) is 3.52. The molecule has 0 aliphatic heterocycles. The number of halogens is 1. The highest BCUT2D eigenvalue weighted by atomic mass is 127. The second-order valence-electron chi connectivity index (χ2n) is 5.42. The average molecular weight is 474 g/mol. The van der Waals surface area contributed by atoms with Crippen molar-refractivity contribution >= 4 is 51.3 Å². The molecule has 0 aliphatic rings. The summed E-state index contributed by atoms with van der Waals surface area (Å²) in [6, 6.07) is 3.27. The average Bonchev–Trinajstić information content (AvgIpc) is 2.89. The molecule has 0 saturated heterocycles. The van der Waals surface area contributed by atoms with E-state index in [0.717, 1.165) is 41.7 Å². The molecule has 1 rings (SSSR count). The topological polar surface area (TPSA) is 96.6 Å². The number of aliphatic imine (C=N–C) groups is 1. The lowest BCUT2D eigenvalue weighted by Gasteiger charge is -2.11. The third kappa shape index (κ3) is 9.48. The number of guanidine groups is 1. The Hall–Kier alpha value is -0.390. The van der Waals surface area contributed by atoms with Gasteiger partial charge in [-0.3, -0.25) is 0 Å². The molecule has 0 bridgehead atoms. The van der Waals surface area contributed by atoms with Crippen LogP contribution in [-0.4, -0.2) is 27.5 Å². The van der Waals surface area contributed by atoms with E-state index in [1.54, 1.807) is 6.07 Å². The van der Waals surface area contributed by atoms with Crippen molar-refractivity contribution in [1.29, 1.82) is 0 Å². The molecule has 0 amide bonds. The summed E-state index contributed by atoms with van der Waals surface area (Å²) in [5.41, 5.74) is 0. The molecule has 6 nitrogen and oxygen atoms in total. The zero-order chi connectivity index (χ0) is 16.6. The van der Waals surface area contributed by atoms with Gasteiger partial charge in [0.15, 0.2) is 5.96 Å². The number of hydrogen-bond acceptors (Lipinski definition) is 4. The van der Waals surface area contributed by atoms with Crippen molar-refractivity contribution in [2.24, 2.45) is 16.0 Å². The molecule has 0 aliphatic carbocycles. The van der Waals surface area contributed by atoms with Crippen LogP contribution < -0.4 is 15.8 Å². The quantitative estimate of drug-likeness (QED) is 0.234. The van der Waals surface area contributed by atoms with Crippen molar-refractivity contribution < 1.29 is 8.42 Å². The molecule has 0 aromatic carbocycles. The van der Waals surface area contributed by atoms with Crippen LogP contribution in [0.5, 0.6) is 0 Å². The number of nitrogens with one attached hydrogen (secondary N) is 2. The van der Waals surface area contributed by atoms with Crippen molar-refractivity contribution in [1.82, 2.24) is 10.6 Å². The Morgan fingerprint density at radius 3 is 2.57 bits per heavy atom. The standard InChI is InChI=1S/C14H26N4O2S2.HI/c1-4-16-14(17-9-5-6-11(2)3)18-10-12-7-8-13(21-12)22(15,19)20;/h7-8,11H,4-6,9-10H2,1-3H3,(H2,15,19,20)(H2,16,17,18);1H. The van der Waals surface area contributed by atoms with Crippen molar-refractivity contribution in [2.45, 2.75) is 44.4 Å². The molecule has 9 heteroatoms. The molecule has 0 unspecified atom stereocenters. The molecule has 23 heavy (non-hydrogen) atoms. The highest BCUT2D eigenvalue weighted by Gasteiger charge is 2.10. The third-order valence-electron chi connectivity index (χ3n) is 2.91. The number of sulfonamides is 1. The largest absolute Gasteiger partial charge is 0.357 e. The van der Waals surface area contributed by atoms with E-state index in [-0.39, 0.29) is 28.2 Å². The van der Waals surface area contributed by atoms with Gasteiger partial charge in [0.25, 0.3) is 0 Å². The maximum absolute atomic E-state index is 11.2. The Bertz CT molecular complexity index is 585. The minimum atomic E-state index is -3.62. The summed E-state index contributed by atoms with van der Waals surface area (Å²) >= 11 is 1.16. The smallest absolute Gasteiger partial charge is 0.247 e. The van der Waals surface area contributed by atoms with Crippen molar-refractivity contribution in [3.8, 4) is 0 Å². The van der Waals surface area contributed by atoms with E-state index in [2.05, 4.69) is 29.5 Å². The summed E-state index contributed by atoms with van der Waals surface area (Å²) in [5.74, 6) is 1.45. The third-order valence-corrected chi connectivity index (χ3v) is 5.41. The molecular formula is C14H27IN4O2S2. The van der Waals surface area contributed by atoms with Gasteiger partial charge in [-0.2, -0.15) is 0 Å². The molecule has 0 fully saturated rings. The number of primary sulfonamides is 1. The second-order valence-corrected chi connectivity index (χ2v) is 8.38. The van der Waals surface area contributed by atoms with E-state index in [4.69, 9.17) is 5.14 Å². The number of hydrogen-bond donors (Lipinski definition) is 3. The van der Waals surface area contributed by atoms with Gasteiger partial charge < -0.3 is 10.6 Å². The lowest BCUT2D eigenvalue weighted by molar-refractivity contribution is 0.549. The number of nitrogens with two attached hydrogens (primary N) is 1. The zero-order valence-electron chi connectivity index (χ0n) is 13.8. The van der Waals surface area contributed by atoms with E-state index >= 15 is 0 Å². The molecule has 134 valence electrons. The SMILES string of the molecule is CCNC(=NCc1ccc(S(N)(=O)=O)s1)NCCCC(C)C.I. The van der Waals surface area contributed by atoms with Gasteiger partial charge in [0, 0.05) is 18.0 Å². The number of rotatable bonds is 8. The first-order valence-electron chi connectivity index (χ1n) is 7.46. The van der Waals surface area contributed by atoms with Gasteiger partial charge in [-0.15, -0.1) is 35.3 Å². The van der Waals surface area contributed by atoms with Crippen LogP contribution in [0.25, 0.3) is 0 Å². The summed E-state index contributed by atoms with van der Waals surface area (Å²) < 4.78 is 22.7. The van der Waals surface area contributed by atoms with Crippen molar-refractivity contribution in [3.63, 3.8) is 0 Å². The van der Waals surface area contributed by atoms with Gasteiger partial charge in [-0.05, 0) is 37.8 Å². The molecule has 4 N–H and O–H groups in total. The Morgan fingerprint density at radius 2 is 2.04 bits per heavy atom. The Kier molecular flexibility index (Phi) is 11.0. The Labute approximate surface area is 160 Å². The summed E-state index contributed by atoms with van der Waals surface area (Å²) in [4.78, 5) is 5.33. The van der Waals surface area contributed by atoms with Gasteiger partial charge in [0.1, 0.15) is 4.21 Å². The van der Waals surface area contributed by atoms with Gasteiger partial charge in [0.05, 0.1) is 6.54 Å². The second kappa shape index (κ2) is 11.2. The zero-order valence-corrected chi connectivity index (χ0v) is 17.8. The van der Waals surface area contributed by atoms with Crippen LogP contribution in [0.4, 0.5) is 0 Å². The predicted molar refractivity (Wildman–Crippen MR) is 108 cm³/mol. The van der Waals surface area contributed by atoms with Crippen LogP contribution in [0.2, 0.25) is 0 Å². The number of nitrogens with zero attached hydrogens (tertiary/aromatic N) is 1. The normalized spacial score (nSPS) is 12.1. The van der Waals surface area contributed by atoms with E-state index in [9.17, 15) is 8.42 Å². The minimum Gasteiger partial charge on any atom is -0.357 e. The first kappa shape index (κ1) is 22.6. The molecule has 1 heterocycles. The van der Waals surface area contributed by atoms with Crippen LogP contribution in [0.1, 0.15) is 38.5 Å². The summed E-state index contributed by atoms with van der Waals surface area (Å²) in [6.45, 7) is 8.51. The molecule has 0 spiro atoms. The van der Waals surface area contributed by atoms with Crippen molar-refractivity contribution in [2.75, 3.05) is 13.1 Å². The predicted octanol–water partition coefficient (Wildman–Crippen LogP) is 2.50. The lowest BCUT2D eigenvalue weighted by atomic mass is 10.1. The Balaban J connectivity index is 0.00000484.